The minimum atomic E-state index is -0.0872. The number of hydrogen-bond donors (Lipinski definition) is 1. The molecule has 1 aliphatic rings. The quantitative estimate of drug-likeness (QED) is 0.865. The van der Waals surface area contributed by atoms with Gasteiger partial charge in [-0.15, -0.1) is 11.3 Å². The molecule has 0 aliphatic carbocycles. The minimum absolute atomic E-state index is 0.0872. The molecule has 0 unspecified atom stereocenters. The predicted molar refractivity (Wildman–Crippen MR) is 99.6 cm³/mol. The first-order valence-electron chi connectivity index (χ1n) is 8.30. The average Bonchev–Trinajstić information content (AvgIpc) is 2.99. The standard InChI is InChI=1S/C18H22ClN3OS/c1-13-6-8-22(9-7-13)11-15-12-24-18(20-15)21-17(23)10-14-4-2-3-5-16(14)19/h2-5,12-13H,6-11H2,1H3,(H,20,21,23). The normalized spacial score (nSPS) is 16.2. The molecule has 1 N–H and O–H groups in total. The van der Waals surface area contributed by atoms with Crippen LogP contribution < -0.4 is 5.32 Å². The van der Waals surface area contributed by atoms with E-state index in [4.69, 9.17) is 11.6 Å². The summed E-state index contributed by atoms with van der Waals surface area (Å²) in [6, 6.07) is 7.41. The van der Waals surface area contributed by atoms with Gasteiger partial charge in [0.2, 0.25) is 5.91 Å². The largest absolute Gasteiger partial charge is 0.302 e. The van der Waals surface area contributed by atoms with E-state index in [0.29, 0.717) is 10.2 Å². The molecule has 0 radical (unpaired) electrons. The molecule has 1 amide bonds. The van der Waals surface area contributed by atoms with Crippen LogP contribution in [0.2, 0.25) is 5.02 Å². The van der Waals surface area contributed by atoms with Crippen LogP contribution in [0.25, 0.3) is 0 Å². The van der Waals surface area contributed by atoms with Crippen LogP contribution >= 0.6 is 22.9 Å². The van der Waals surface area contributed by atoms with Crippen molar-refractivity contribution in [3.63, 3.8) is 0 Å². The van der Waals surface area contributed by atoms with E-state index in [1.165, 1.54) is 24.2 Å². The Kier molecular flexibility index (Phi) is 5.87. The summed E-state index contributed by atoms with van der Waals surface area (Å²) in [6.45, 7) is 5.44. The molecule has 24 heavy (non-hydrogen) atoms. The molecule has 3 rings (SSSR count). The molecule has 0 bridgehead atoms. The average molecular weight is 364 g/mol. The second kappa shape index (κ2) is 8.10. The van der Waals surface area contributed by atoms with Crippen molar-refractivity contribution in [1.29, 1.82) is 0 Å². The summed E-state index contributed by atoms with van der Waals surface area (Å²) >= 11 is 7.57. The highest BCUT2D eigenvalue weighted by molar-refractivity contribution is 7.13. The van der Waals surface area contributed by atoms with E-state index in [2.05, 4.69) is 22.1 Å². The molecule has 4 nitrogen and oxygen atoms in total. The number of halogens is 1. The van der Waals surface area contributed by atoms with Crippen LogP contribution in [0.1, 0.15) is 31.0 Å². The number of anilines is 1. The van der Waals surface area contributed by atoms with Gasteiger partial charge in [-0.1, -0.05) is 36.7 Å². The Hall–Kier alpha value is -1.43. The van der Waals surface area contributed by atoms with Gasteiger partial charge >= 0.3 is 0 Å². The molecule has 1 fully saturated rings. The number of likely N-dealkylation sites (tertiary alicyclic amines) is 1. The van der Waals surface area contributed by atoms with Gasteiger partial charge < -0.3 is 5.32 Å². The van der Waals surface area contributed by atoms with Crippen molar-refractivity contribution in [2.75, 3.05) is 18.4 Å². The number of benzene rings is 1. The van der Waals surface area contributed by atoms with Crippen molar-refractivity contribution in [3.8, 4) is 0 Å². The highest BCUT2D eigenvalue weighted by Crippen LogP contribution is 2.21. The van der Waals surface area contributed by atoms with Gasteiger partial charge in [-0.25, -0.2) is 4.98 Å². The van der Waals surface area contributed by atoms with Gasteiger partial charge in [0.05, 0.1) is 12.1 Å². The summed E-state index contributed by atoms with van der Waals surface area (Å²) in [5, 5.41) is 6.18. The van der Waals surface area contributed by atoms with E-state index in [9.17, 15) is 4.79 Å². The first-order valence-corrected chi connectivity index (χ1v) is 9.56. The number of hydrogen-bond acceptors (Lipinski definition) is 4. The number of aromatic nitrogens is 1. The molecule has 1 aromatic heterocycles. The molecule has 2 heterocycles. The monoisotopic (exact) mass is 363 g/mol. The molecular formula is C18H22ClN3OS. The molecule has 0 atom stereocenters. The third-order valence-corrected chi connectivity index (χ3v) is 5.54. The van der Waals surface area contributed by atoms with Gasteiger partial charge in [0, 0.05) is 16.9 Å². The van der Waals surface area contributed by atoms with Crippen LogP contribution in [0.3, 0.4) is 0 Å². The first kappa shape index (κ1) is 17.4. The molecule has 1 aliphatic heterocycles. The van der Waals surface area contributed by atoms with Crippen molar-refractivity contribution in [2.45, 2.75) is 32.7 Å². The fourth-order valence-electron chi connectivity index (χ4n) is 2.86. The van der Waals surface area contributed by atoms with Gasteiger partial charge in [-0.05, 0) is 43.5 Å². The van der Waals surface area contributed by atoms with Crippen LogP contribution in [-0.2, 0) is 17.8 Å². The second-order valence-corrected chi connectivity index (χ2v) is 7.68. The molecular weight excluding hydrogens is 342 g/mol. The number of rotatable bonds is 5. The lowest BCUT2D eigenvalue weighted by Crippen LogP contribution is -2.32. The SMILES string of the molecule is CC1CCN(Cc2csc(NC(=O)Cc3ccccc3Cl)n2)CC1. The fraction of sp³-hybridized carbons (Fsp3) is 0.444. The number of thiazole rings is 1. The van der Waals surface area contributed by atoms with Crippen molar-refractivity contribution in [1.82, 2.24) is 9.88 Å². The predicted octanol–water partition coefficient (Wildman–Crippen LogP) is 4.21. The van der Waals surface area contributed by atoms with E-state index in [1.54, 1.807) is 6.07 Å². The Balaban J connectivity index is 1.52. The summed E-state index contributed by atoms with van der Waals surface area (Å²) in [5.74, 6) is 0.743. The number of amides is 1. The van der Waals surface area contributed by atoms with Crippen molar-refractivity contribution >= 4 is 34.0 Å². The number of carbonyl (C=O) groups is 1. The van der Waals surface area contributed by atoms with E-state index in [0.717, 1.165) is 36.8 Å². The van der Waals surface area contributed by atoms with Crippen LogP contribution in [0.4, 0.5) is 5.13 Å². The summed E-state index contributed by atoms with van der Waals surface area (Å²) in [5.41, 5.74) is 1.86. The first-order chi connectivity index (χ1) is 11.6. The fourth-order valence-corrected chi connectivity index (χ4v) is 3.78. The Labute approximate surface area is 151 Å². The maximum absolute atomic E-state index is 12.2. The zero-order chi connectivity index (χ0) is 16.9. The summed E-state index contributed by atoms with van der Waals surface area (Å²) in [6.07, 6.45) is 2.77. The van der Waals surface area contributed by atoms with Crippen molar-refractivity contribution < 1.29 is 4.79 Å². The number of carbonyl (C=O) groups excluding carboxylic acids is 1. The Bertz CT molecular complexity index is 695. The van der Waals surface area contributed by atoms with E-state index in [1.807, 2.05) is 23.6 Å². The molecule has 2 aromatic rings. The second-order valence-electron chi connectivity index (χ2n) is 6.42. The van der Waals surface area contributed by atoms with Crippen molar-refractivity contribution in [2.24, 2.45) is 5.92 Å². The molecule has 128 valence electrons. The van der Waals surface area contributed by atoms with E-state index >= 15 is 0 Å². The lowest BCUT2D eigenvalue weighted by Gasteiger charge is -2.29. The number of nitrogens with one attached hydrogen (secondary N) is 1. The Morgan fingerprint density at radius 3 is 2.88 bits per heavy atom. The minimum Gasteiger partial charge on any atom is -0.302 e. The van der Waals surface area contributed by atoms with E-state index in [-0.39, 0.29) is 12.3 Å². The molecule has 1 aromatic carbocycles. The van der Waals surface area contributed by atoms with Gasteiger partial charge in [0.25, 0.3) is 0 Å². The summed E-state index contributed by atoms with van der Waals surface area (Å²) in [4.78, 5) is 19.1. The molecule has 1 saturated heterocycles. The van der Waals surface area contributed by atoms with Gasteiger partial charge in [-0.3, -0.25) is 9.69 Å². The van der Waals surface area contributed by atoms with Gasteiger partial charge in [-0.2, -0.15) is 0 Å². The smallest absolute Gasteiger partial charge is 0.230 e. The Morgan fingerprint density at radius 2 is 2.12 bits per heavy atom. The zero-order valence-corrected chi connectivity index (χ0v) is 15.4. The molecule has 0 saturated carbocycles. The van der Waals surface area contributed by atoms with Crippen molar-refractivity contribution in [3.05, 3.63) is 45.9 Å². The maximum Gasteiger partial charge on any atom is 0.230 e. The third kappa shape index (κ3) is 4.79. The van der Waals surface area contributed by atoms with Crippen LogP contribution in [-0.4, -0.2) is 28.9 Å². The van der Waals surface area contributed by atoms with Crippen LogP contribution in [0, 0.1) is 5.92 Å². The van der Waals surface area contributed by atoms with Crippen LogP contribution in [0.15, 0.2) is 29.6 Å². The van der Waals surface area contributed by atoms with Crippen LogP contribution in [0.5, 0.6) is 0 Å². The summed E-state index contributed by atoms with van der Waals surface area (Å²) < 4.78 is 0. The summed E-state index contributed by atoms with van der Waals surface area (Å²) in [7, 11) is 0. The maximum atomic E-state index is 12.2. The van der Waals surface area contributed by atoms with Gasteiger partial charge in [0.1, 0.15) is 0 Å². The highest BCUT2D eigenvalue weighted by Gasteiger charge is 2.17. The Morgan fingerprint density at radius 1 is 1.38 bits per heavy atom. The number of piperidine rings is 1. The molecule has 0 spiro atoms. The van der Waals surface area contributed by atoms with E-state index < -0.39 is 0 Å². The molecule has 6 heteroatoms. The third-order valence-electron chi connectivity index (χ3n) is 4.37. The van der Waals surface area contributed by atoms with Gasteiger partial charge in [0.15, 0.2) is 5.13 Å². The number of nitrogens with zero attached hydrogens (tertiary/aromatic N) is 2. The zero-order valence-electron chi connectivity index (χ0n) is 13.8. The lowest BCUT2D eigenvalue weighted by atomic mass is 9.99. The topological polar surface area (TPSA) is 45.2 Å². The highest BCUT2D eigenvalue weighted by atomic mass is 35.5. The lowest BCUT2D eigenvalue weighted by molar-refractivity contribution is -0.115.